The fourth-order valence-corrected chi connectivity index (χ4v) is 2.37. The van der Waals surface area contributed by atoms with Gasteiger partial charge >= 0.3 is 5.97 Å². The summed E-state index contributed by atoms with van der Waals surface area (Å²) < 4.78 is 0. The van der Waals surface area contributed by atoms with Gasteiger partial charge in [0, 0.05) is 13.6 Å². The van der Waals surface area contributed by atoms with Gasteiger partial charge in [0.25, 0.3) is 0 Å². The van der Waals surface area contributed by atoms with Crippen molar-refractivity contribution in [3.8, 4) is 0 Å². The molecule has 20 heavy (non-hydrogen) atoms. The van der Waals surface area contributed by atoms with E-state index in [4.69, 9.17) is 5.11 Å². The maximum Gasteiger partial charge on any atom is 0.308 e. The van der Waals surface area contributed by atoms with Gasteiger partial charge in [-0.15, -0.1) is 0 Å². The maximum atomic E-state index is 12.2. The molecular weight excluding hydrogens is 254 g/mol. The van der Waals surface area contributed by atoms with Crippen LogP contribution in [0.2, 0.25) is 0 Å². The summed E-state index contributed by atoms with van der Waals surface area (Å²) >= 11 is 0. The number of aryl methyl sites for hydroxylation is 3. The number of rotatable bonds is 5. The Labute approximate surface area is 120 Å². The lowest BCUT2D eigenvalue weighted by molar-refractivity contribution is -0.142. The molecule has 0 aliphatic carbocycles. The van der Waals surface area contributed by atoms with Gasteiger partial charge in [-0.25, -0.2) is 0 Å². The van der Waals surface area contributed by atoms with E-state index in [0.717, 1.165) is 16.7 Å². The molecule has 1 unspecified atom stereocenters. The van der Waals surface area contributed by atoms with Crippen LogP contribution in [-0.2, 0) is 16.0 Å². The molecule has 0 heterocycles. The maximum absolute atomic E-state index is 12.2. The smallest absolute Gasteiger partial charge is 0.308 e. The molecular formula is C16H23NO3. The number of amides is 1. The lowest BCUT2D eigenvalue weighted by Gasteiger charge is -2.20. The summed E-state index contributed by atoms with van der Waals surface area (Å²) in [6, 6.07) is 4.13. The van der Waals surface area contributed by atoms with Crippen molar-refractivity contribution in [2.75, 3.05) is 13.6 Å². The second kappa shape index (κ2) is 6.55. The summed E-state index contributed by atoms with van der Waals surface area (Å²) in [5, 5.41) is 8.88. The SMILES string of the molecule is Cc1cc(C)c(CC(=O)N(C)CC(C)C(=O)O)c(C)c1. The zero-order chi connectivity index (χ0) is 15.4. The summed E-state index contributed by atoms with van der Waals surface area (Å²) in [4.78, 5) is 24.5. The Morgan fingerprint density at radius 3 is 2.15 bits per heavy atom. The highest BCUT2D eigenvalue weighted by Crippen LogP contribution is 2.17. The molecule has 1 rings (SSSR count). The predicted molar refractivity (Wildman–Crippen MR) is 78.8 cm³/mol. The molecule has 0 radical (unpaired) electrons. The van der Waals surface area contributed by atoms with E-state index in [2.05, 4.69) is 12.1 Å². The second-order valence-corrected chi connectivity index (χ2v) is 5.57. The van der Waals surface area contributed by atoms with Gasteiger partial charge in [0.1, 0.15) is 0 Å². The Kier molecular flexibility index (Phi) is 5.31. The first-order valence-electron chi connectivity index (χ1n) is 6.75. The Bertz CT molecular complexity index is 499. The minimum Gasteiger partial charge on any atom is -0.481 e. The number of carbonyl (C=O) groups excluding carboxylic acids is 1. The minimum absolute atomic E-state index is 0.0480. The Morgan fingerprint density at radius 1 is 1.20 bits per heavy atom. The molecule has 0 spiro atoms. The monoisotopic (exact) mass is 277 g/mol. The molecule has 4 nitrogen and oxygen atoms in total. The van der Waals surface area contributed by atoms with Gasteiger partial charge in [-0.1, -0.05) is 24.6 Å². The van der Waals surface area contributed by atoms with E-state index in [-0.39, 0.29) is 12.5 Å². The zero-order valence-corrected chi connectivity index (χ0v) is 12.9. The van der Waals surface area contributed by atoms with Crippen molar-refractivity contribution >= 4 is 11.9 Å². The highest BCUT2D eigenvalue weighted by atomic mass is 16.4. The van der Waals surface area contributed by atoms with Crippen molar-refractivity contribution in [1.82, 2.24) is 4.90 Å². The van der Waals surface area contributed by atoms with E-state index in [1.165, 1.54) is 10.5 Å². The molecule has 1 atom stereocenters. The summed E-state index contributed by atoms with van der Waals surface area (Å²) in [7, 11) is 1.65. The first kappa shape index (κ1) is 16.2. The van der Waals surface area contributed by atoms with E-state index in [0.29, 0.717) is 6.42 Å². The van der Waals surface area contributed by atoms with Crippen LogP contribution < -0.4 is 0 Å². The predicted octanol–water partition coefficient (Wildman–Crippen LogP) is 2.33. The number of carboxylic acid groups (broad SMARTS) is 1. The van der Waals surface area contributed by atoms with Gasteiger partial charge in [-0.05, 0) is 37.5 Å². The van der Waals surface area contributed by atoms with Crippen LogP contribution in [0.5, 0.6) is 0 Å². The lowest BCUT2D eigenvalue weighted by atomic mass is 9.97. The van der Waals surface area contributed by atoms with Crippen LogP contribution in [-0.4, -0.2) is 35.5 Å². The molecule has 0 fully saturated rings. The molecule has 0 bridgehead atoms. The summed E-state index contributed by atoms with van der Waals surface area (Å²) in [5.74, 6) is -1.48. The minimum atomic E-state index is -0.882. The second-order valence-electron chi connectivity index (χ2n) is 5.57. The van der Waals surface area contributed by atoms with Crippen LogP contribution in [0.15, 0.2) is 12.1 Å². The third-order valence-corrected chi connectivity index (χ3v) is 3.56. The number of hydrogen-bond acceptors (Lipinski definition) is 2. The Morgan fingerprint density at radius 2 is 1.70 bits per heavy atom. The fraction of sp³-hybridized carbons (Fsp3) is 0.500. The first-order chi connectivity index (χ1) is 9.22. The molecule has 0 aliphatic rings. The van der Waals surface area contributed by atoms with E-state index in [9.17, 15) is 9.59 Å². The zero-order valence-electron chi connectivity index (χ0n) is 12.9. The van der Waals surface area contributed by atoms with Gasteiger partial charge in [0.15, 0.2) is 0 Å². The van der Waals surface area contributed by atoms with Crippen LogP contribution in [0.3, 0.4) is 0 Å². The van der Waals surface area contributed by atoms with Crippen molar-refractivity contribution in [1.29, 1.82) is 0 Å². The number of carboxylic acids is 1. The molecule has 0 aliphatic heterocycles. The number of carbonyl (C=O) groups is 2. The van der Waals surface area contributed by atoms with Crippen molar-refractivity contribution in [3.63, 3.8) is 0 Å². The summed E-state index contributed by atoms with van der Waals surface area (Å²) in [6.07, 6.45) is 0.320. The molecule has 110 valence electrons. The number of likely N-dealkylation sites (N-methyl/N-ethyl adjacent to an activating group) is 1. The number of nitrogens with zero attached hydrogens (tertiary/aromatic N) is 1. The summed E-state index contributed by atoms with van der Waals surface area (Å²) in [5.41, 5.74) is 4.44. The van der Waals surface area contributed by atoms with E-state index in [1.54, 1.807) is 14.0 Å². The Hall–Kier alpha value is -1.84. The number of benzene rings is 1. The third kappa shape index (κ3) is 4.08. The van der Waals surface area contributed by atoms with Crippen LogP contribution >= 0.6 is 0 Å². The molecule has 0 saturated carbocycles. The largest absolute Gasteiger partial charge is 0.481 e. The first-order valence-corrected chi connectivity index (χ1v) is 6.75. The van der Waals surface area contributed by atoms with Crippen LogP contribution in [0.25, 0.3) is 0 Å². The van der Waals surface area contributed by atoms with Crippen LogP contribution in [0.4, 0.5) is 0 Å². The molecule has 1 aromatic rings. The van der Waals surface area contributed by atoms with Crippen molar-refractivity contribution in [2.45, 2.75) is 34.1 Å². The fourth-order valence-electron chi connectivity index (χ4n) is 2.37. The van der Waals surface area contributed by atoms with E-state index < -0.39 is 11.9 Å². The topological polar surface area (TPSA) is 57.6 Å². The van der Waals surface area contributed by atoms with Crippen LogP contribution in [0.1, 0.15) is 29.2 Å². The number of aliphatic carboxylic acids is 1. The van der Waals surface area contributed by atoms with Gasteiger partial charge in [-0.3, -0.25) is 9.59 Å². The van der Waals surface area contributed by atoms with Crippen molar-refractivity contribution in [3.05, 3.63) is 34.4 Å². The van der Waals surface area contributed by atoms with Crippen molar-refractivity contribution in [2.24, 2.45) is 5.92 Å². The van der Waals surface area contributed by atoms with Gasteiger partial charge in [0.2, 0.25) is 5.91 Å². The highest BCUT2D eigenvalue weighted by molar-refractivity contribution is 5.80. The van der Waals surface area contributed by atoms with Gasteiger partial charge in [-0.2, -0.15) is 0 Å². The molecule has 1 amide bonds. The molecule has 1 N–H and O–H groups in total. The average molecular weight is 277 g/mol. The molecule has 0 saturated heterocycles. The highest BCUT2D eigenvalue weighted by Gasteiger charge is 2.18. The van der Waals surface area contributed by atoms with E-state index >= 15 is 0 Å². The van der Waals surface area contributed by atoms with E-state index in [1.807, 2.05) is 20.8 Å². The number of hydrogen-bond donors (Lipinski definition) is 1. The normalized spacial score (nSPS) is 12.1. The summed E-state index contributed by atoms with van der Waals surface area (Å²) in [6.45, 7) is 7.88. The average Bonchev–Trinajstić information content (AvgIpc) is 2.32. The quantitative estimate of drug-likeness (QED) is 0.898. The van der Waals surface area contributed by atoms with Gasteiger partial charge < -0.3 is 10.0 Å². The van der Waals surface area contributed by atoms with Crippen LogP contribution in [0, 0.1) is 26.7 Å². The lowest BCUT2D eigenvalue weighted by Crippen LogP contribution is -2.34. The molecule has 4 heteroatoms. The standard InChI is InChI=1S/C16H23NO3/c1-10-6-11(2)14(12(3)7-10)8-15(18)17(5)9-13(4)16(19)20/h6-7,13H,8-9H2,1-5H3,(H,19,20). The molecule has 1 aromatic carbocycles. The molecule has 0 aromatic heterocycles. The third-order valence-electron chi connectivity index (χ3n) is 3.56. The van der Waals surface area contributed by atoms with Crippen molar-refractivity contribution < 1.29 is 14.7 Å². The van der Waals surface area contributed by atoms with Gasteiger partial charge in [0.05, 0.1) is 12.3 Å². The Balaban J connectivity index is 2.78.